The summed E-state index contributed by atoms with van der Waals surface area (Å²) in [6.45, 7) is 8.17. The minimum absolute atomic E-state index is 0.120. The van der Waals surface area contributed by atoms with Crippen molar-refractivity contribution in [1.82, 2.24) is 14.9 Å². The van der Waals surface area contributed by atoms with E-state index in [1.807, 2.05) is 25.1 Å². The smallest absolute Gasteiger partial charge is 0.251 e. The Morgan fingerprint density at radius 2 is 1.97 bits per heavy atom. The molecule has 3 aromatic rings. The van der Waals surface area contributed by atoms with Gasteiger partial charge in [0.05, 0.1) is 24.8 Å². The van der Waals surface area contributed by atoms with Crippen LogP contribution in [-0.4, -0.2) is 35.7 Å². The van der Waals surface area contributed by atoms with Gasteiger partial charge < -0.3 is 19.4 Å². The van der Waals surface area contributed by atoms with Crippen LogP contribution in [0.4, 0.5) is 0 Å². The van der Waals surface area contributed by atoms with Gasteiger partial charge in [-0.3, -0.25) is 4.79 Å². The molecule has 154 valence electrons. The van der Waals surface area contributed by atoms with Gasteiger partial charge in [-0.15, -0.1) is 0 Å². The Morgan fingerprint density at radius 1 is 1.17 bits per heavy atom. The molecule has 1 aromatic heterocycles. The molecule has 0 spiro atoms. The number of amides is 1. The third kappa shape index (κ3) is 5.08. The van der Waals surface area contributed by atoms with E-state index in [4.69, 9.17) is 9.47 Å². The molecule has 1 N–H and O–H groups in total. The Labute approximate surface area is 171 Å². The summed E-state index contributed by atoms with van der Waals surface area (Å²) >= 11 is 0. The van der Waals surface area contributed by atoms with Gasteiger partial charge in [0.15, 0.2) is 11.5 Å². The number of imidazole rings is 1. The molecule has 0 bridgehead atoms. The molecular weight excluding hydrogens is 366 g/mol. The third-order valence-electron chi connectivity index (χ3n) is 4.69. The summed E-state index contributed by atoms with van der Waals surface area (Å²) in [5.41, 5.74) is 2.68. The Balaban J connectivity index is 1.56. The van der Waals surface area contributed by atoms with Crippen molar-refractivity contribution in [3.8, 4) is 11.5 Å². The lowest BCUT2D eigenvalue weighted by molar-refractivity contribution is 0.0952. The lowest BCUT2D eigenvalue weighted by Gasteiger charge is -2.14. The van der Waals surface area contributed by atoms with Gasteiger partial charge in [-0.1, -0.05) is 26.0 Å². The van der Waals surface area contributed by atoms with E-state index in [1.54, 1.807) is 25.3 Å². The highest BCUT2D eigenvalue weighted by Gasteiger charge is 2.12. The number of fused-ring (bicyclic) bond motifs is 1. The number of aromatic nitrogens is 2. The van der Waals surface area contributed by atoms with Gasteiger partial charge in [-0.25, -0.2) is 4.98 Å². The van der Waals surface area contributed by atoms with Crippen molar-refractivity contribution in [1.29, 1.82) is 0 Å². The molecular formula is C23H29N3O3. The topological polar surface area (TPSA) is 65.4 Å². The van der Waals surface area contributed by atoms with Gasteiger partial charge in [-0.2, -0.15) is 0 Å². The third-order valence-corrected chi connectivity index (χ3v) is 4.69. The van der Waals surface area contributed by atoms with Crippen LogP contribution in [0.5, 0.6) is 11.5 Å². The van der Waals surface area contributed by atoms with Crippen LogP contribution in [0.25, 0.3) is 11.0 Å². The van der Waals surface area contributed by atoms with E-state index in [1.165, 1.54) is 0 Å². The summed E-state index contributed by atoms with van der Waals surface area (Å²) in [6, 6.07) is 13.4. The Morgan fingerprint density at radius 3 is 2.72 bits per heavy atom. The average molecular weight is 396 g/mol. The number of para-hydroxylation sites is 2. The highest BCUT2D eigenvalue weighted by atomic mass is 16.5. The molecule has 6 heteroatoms. The predicted octanol–water partition coefficient (Wildman–Crippen LogP) is 4.21. The molecule has 1 amide bonds. The van der Waals surface area contributed by atoms with Crippen LogP contribution in [0.15, 0.2) is 42.5 Å². The fraction of sp³-hybridized carbons (Fsp3) is 0.391. The summed E-state index contributed by atoms with van der Waals surface area (Å²) < 4.78 is 13.3. The van der Waals surface area contributed by atoms with E-state index in [9.17, 15) is 4.79 Å². The maximum Gasteiger partial charge on any atom is 0.251 e. The second-order valence-corrected chi connectivity index (χ2v) is 7.48. The first kappa shape index (κ1) is 20.7. The van der Waals surface area contributed by atoms with E-state index in [0.29, 0.717) is 36.1 Å². The number of rotatable bonds is 9. The molecule has 0 saturated heterocycles. The zero-order valence-electron chi connectivity index (χ0n) is 17.6. The normalized spacial score (nSPS) is 11.1. The monoisotopic (exact) mass is 395 g/mol. The van der Waals surface area contributed by atoms with Crippen molar-refractivity contribution < 1.29 is 14.3 Å². The Hall–Kier alpha value is -3.02. The van der Waals surface area contributed by atoms with Crippen LogP contribution in [0.3, 0.4) is 0 Å². The van der Waals surface area contributed by atoms with E-state index < -0.39 is 0 Å². The molecule has 0 fully saturated rings. The highest BCUT2D eigenvalue weighted by Crippen LogP contribution is 2.28. The van der Waals surface area contributed by atoms with E-state index >= 15 is 0 Å². The minimum Gasteiger partial charge on any atom is -0.493 e. The number of carbonyl (C=O) groups is 1. The summed E-state index contributed by atoms with van der Waals surface area (Å²) in [5.74, 6) is 2.50. The van der Waals surface area contributed by atoms with Crippen LogP contribution < -0.4 is 14.8 Å². The van der Waals surface area contributed by atoms with E-state index in [2.05, 4.69) is 34.8 Å². The Kier molecular flexibility index (Phi) is 6.75. The fourth-order valence-electron chi connectivity index (χ4n) is 3.20. The lowest BCUT2D eigenvalue weighted by Crippen LogP contribution is -2.25. The van der Waals surface area contributed by atoms with Crippen molar-refractivity contribution in [3.63, 3.8) is 0 Å². The molecule has 3 rings (SSSR count). The SMILES string of the molecule is COc1cc(C(=O)NCCCn2c(C)nc3ccccc32)ccc1OCC(C)C. The second-order valence-electron chi connectivity index (χ2n) is 7.48. The van der Waals surface area contributed by atoms with Crippen LogP contribution in [0.2, 0.25) is 0 Å². The highest BCUT2D eigenvalue weighted by molar-refractivity contribution is 5.94. The number of carbonyl (C=O) groups excluding carboxylic acids is 1. The summed E-state index contributed by atoms with van der Waals surface area (Å²) in [4.78, 5) is 17.1. The largest absolute Gasteiger partial charge is 0.493 e. The van der Waals surface area contributed by atoms with Crippen molar-refractivity contribution in [2.75, 3.05) is 20.3 Å². The molecule has 0 radical (unpaired) electrons. The van der Waals surface area contributed by atoms with E-state index in [-0.39, 0.29) is 5.91 Å². The molecule has 0 atom stereocenters. The maximum absolute atomic E-state index is 12.5. The van der Waals surface area contributed by atoms with Gasteiger partial charge in [0.1, 0.15) is 5.82 Å². The first-order valence-corrected chi connectivity index (χ1v) is 10.0. The standard InChI is InChI=1S/C23H29N3O3/c1-16(2)15-29-21-11-10-18(14-22(21)28-4)23(27)24-12-7-13-26-17(3)25-19-8-5-6-9-20(19)26/h5-6,8-11,14,16H,7,12-13,15H2,1-4H3,(H,24,27). The maximum atomic E-state index is 12.5. The molecule has 29 heavy (non-hydrogen) atoms. The van der Waals surface area contributed by atoms with Crippen LogP contribution in [-0.2, 0) is 6.54 Å². The average Bonchev–Trinajstić information content (AvgIpc) is 3.04. The summed E-state index contributed by atoms with van der Waals surface area (Å²) in [7, 11) is 1.58. The first-order chi connectivity index (χ1) is 14.0. The molecule has 0 unspecified atom stereocenters. The zero-order valence-corrected chi connectivity index (χ0v) is 17.6. The first-order valence-electron chi connectivity index (χ1n) is 10.0. The number of aryl methyl sites for hydroxylation is 2. The fourth-order valence-corrected chi connectivity index (χ4v) is 3.20. The number of benzene rings is 2. The lowest BCUT2D eigenvalue weighted by atomic mass is 10.2. The van der Waals surface area contributed by atoms with Gasteiger partial charge in [0.2, 0.25) is 0 Å². The van der Waals surface area contributed by atoms with Crippen LogP contribution in [0.1, 0.15) is 36.5 Å². The number of hydrogen-bond acceptors (Lipinski definition) is 4. The van der Waals surface area contributed by atoms with Crippen LogP contribution in [0, 0.1) is 12.8 Å². The van der Waals surface area contributed by atoms with Crippen molar-refractivity contribution in [2.45, 2.75) is 33.7 Å². The van der Waals surface area contributed by atoms with Gasteiger partial charge in [-0.05, 0) is 49.6 Å². The number of hydrogen-bond donors (Lipinski definition) is 1. The van der Waals surface area contributed by atoms with Crippen molar-refractivity contribution in [3.05, 3.63) is 53.9 Å². The van der Waals surface area contributed by atoms with E-state index in [0.717, 1.165) is 29.8 Å². The second kappa shape index (κ2) is 9.45. The van der Waals surface area contributed by atoms with Crippen LogP contribution >= 0.6 is 0 Å². The Bertz CT molecular complexity index is 979. The number of nitrogens with zero attached hydrogens (tertiary/aromatic N) is 2. The molecule has 0 aliphatic carbocycles. The number of methoxy groups -OCH3 is 1. The van der Waals surface area contributed by atoms with Crippen molar-refractivity contribution in [2.24, 2.45) is 5.92 Å². The zero-order chi connectivity index (χ0) is 20.8. The minimum atomic E-state index is -0.120. The van der Waals surface area contributed by atoms with Gasteiger partial charge in [0, 0.05) is 18.7 Å². The molecule has 0 aliphatic heterocycles. The summed E-state index contributed by atoms with van der Waals surface area (Å²) in [5, 5.41) is 2.98. The molecule has 2 aromatic carbocycles. The summed E-state index contributed by atoms with van der Waals surface area (Å²) in [6.07, 6.45) is 0.819. The molecule has 0 saturated carbocycles. The number of ether oxygens (including phenoxy) is 2. The van der Waals surface area contributed by atoms with Crippen molar-refractivity contribution >= 4 is 16.9 Å². The molecule has 1 heterocycles. The van der Waals surface area contributed by atoms with Gasteiger partial charge in [0.25, 0.3) is 5.91 Å². The molecule has 6 nitrogen and oxygen atoms in total. The van der Waals surface area contributed by atoms with Gasteiger partial charge >= 0.3 is 0 Å². The molecule has 0 aliphatic rings. The number of nitrogens with one attached hydrogen (secondary N) is 1. The predicted molar refractivity (Wildman–Crippen MR) is 115 cm³/mol. The quantitative estimate of drug-likeness (QED) is 0.551.